The lowest BCUT2D eigenvalue weighted by atomic mass is 10.2. The topological polar surface area (TPSA) is 68.0 Å². The van der Waals surface area contributed by atoms with E-state index in [1.807, 2.05) is 31.2 Å². The van der Waals surface area contributed by atoms with Crippen LogP contribution in [-0.4, -0.2) is 27.4 Å². The van der Waals surface area contributed by atoms with Crippen LogP contribution in [-0.2, 0) is 4.79 Å². The van der Waals surface area contributed by atoms with Crippen molar-refractivity contribution in [3.63, 3.8) is 0 Å². The Bertz CT molecular complexity index is 685. The van der Waals surface area contributed by atoms with E-state index in [2.05, 4.69) is 31.4 Å². The van der Waals surface area contributed by atoms with Gasteiger partial charge in [-0.3, -0.25) is 4.79 Å². The van der Waals surface area contributed by atoms with Gasteiger partial charge in [0.1, 0.15) is 0 Å². The van der Waals surface area contributed by atoms with E-state index >= 15 is 0 Å². The third-order valence-corrected chi connectivity index (χ3v) is 5.48. The van der Waals surface area contributed by atoms with Gasteiger partial charge in [0.05, 0.1) is 10.8 Å². The van der Waals surface area contributed by atoms with Crippen LogP contribution in [0.25, 0.3) is 11.5 Å². The predicted octanol–water partition coefficient (Wildman–Crippen LogP) is 4.04. The average molecular weight is 396 g/mol. The molecule has 5 nitrogen and oxygen atoms in total. The van der Waals surface area contributed by atoms with Crippen LogP contribution < -0.4 is 5.32 Å². The molecule has 0 radical (unpaired) electrons. The largest absolute Gasteiger partial charge is 0.411 e. The summed E-state index contributed by atoms with van der Waals surface area (Å²) >= 11 is 4.76. The summed E-state index contributed by atoms with van der Waals surface area (Å²) in [7, 11) is 0. The zero-order valence-corrected chi connectivity index (χ0v) is 15.2. The molecule has 1 N–H and O–H groups in total. The van der Waals surface area contributed by atoms with Gasteiger partial charge in [0.15, 0.2) is 0 Å². The fourth-order valence-corrected chi connectivity index (χ4v) is 3.74. The number of hydrogen-bond acceptors (Lipinski definition) is 5. The van der Waals surface area contributed by atoms with Gasteiger partial charge in [0.2, 0.25) is 11.8 Å². The van der Waals surface area contributed by atoms with Gasteiger partial charge in [0, 0.05) is 10.5 Å². The summed E-state index contributed by atoms with van der Waals surface area (Å²) in [6.07, 6.45) is 4.56. The Balaban J connectivity index is 1.62. The molecule has 1 aromatic carbocycles. The highest BCUT2D eigenvalue weighted by Gasteiger charge is 2.23. The lowest BCUT2D eigenvalue weighted by molar-refractivity contribution is -0.120. The Morgan fingerprint density at radius 3 is 2.83 bits per heavy atom. The first kappa shape index (κ1) is 16.5. The van der Waals surface area contributed by atoms with Gasteiger partial charge in [-0.1, -0.05) is 36.7 Å². The standard InChI is InChI=1S/C16H18BrN3O2S/c1-10(14(21)18-11-6-2-3-7-11)23-16-20-19-15(22-16)12-8-4-5-9-13(12)17/h4-5,8-11H,2-3,6-7H2,1H3,(H,18,21)/t10-/m0/s1. The highest BCUT2D eigenvalue weighted by Crippen LogP contribution is 2.30. The summed E-state index contributed by atoms with van der Waals surface area (Å²) in [6, 6.07) is 7.99. The minimum absolute atomic E-state index is 0.0301. The van der Waals surface area contributed by atoms with Crippen LogP contribution in [0.15, 0.2) is 38.4 Å². The number of carbonyl (C=O) groups excluding carboxylic acids is 1. The van der Waals surface area contributed by atoms with Crippen molar-refractivity contribution in [2.45, 2.75) is 49.1 Å². The molecular formula is C16H18BrN3O2S. The summed E-state index contributed by atoms with van der Waals surface area (Å²) in [5.74, 6) is 0.478. The van der Waals surface area contributed by atoms with Gasteiger partial charge in [-0.05, 0) is 47.8 Å². The molecule has 0 saturated heterocycles. The van der Waals surface area contributed by atoms with E-state index < -0.39 is 0 Å². The van der Waals surface area contributed by atoms with E-state index in [0.29, 0.717) is 17.2 Å². The minimum Gasteiger partial charge on any atom is -0.411 e. The van der Waals surface area contributed by atoms with Gasteiger partial charge in [-0.25, -0.2) is 0 Å². The van der Waals surface area contributed by atoms with Crippen molar-refractivity contribution < 1.29 is 9.21 Å². The molecule has 1 heterocycles. The first-order chi connectivity index (χ1) is 11.1. The molecule has 1 fully saturated rings. The Kier molecular flexibility index (Phi) is 5.38. The second kappa shape index (κ2) is 7.49. The first-order valence-electron chi connectivity index (χ1n) is 7.69. The molecule has 0 aliphatic heterocycles. The monoisotopic (exact) mass is 395 g/mol. The molecular weight excluding hydrogens is 378 g/mol. The quantitative estimate of drug-likeness (QED) is 0.773. The van der Waals surface area contributed by atoms with Crippen LogP contribution >= 0.6 is 27.7 Å². The first-order valence-corrected chi connectivity index (χ1v) is 9.36. The van der Waals surface area contributed by atoms with E-state index in [9.17, 15) is 4.79 Å². The van der Waals surface area contributed by atoms with E-state index in [1.165, 1.54) is 24.6 Å². The number of nitrogens with one attached hydrogen (secondary N) is 1. The molecule has 1 aliphatic carbocycles. The smallest absolute Gasteiger partial charge is 0.277 e. The lowest BCUT2D eigenvalue weighted by Gasteiger charge is -2.14. The molecule has 1 amide bonds. The molecule has 3 rings (SSSR count). The molecule has 23 heavy (non-hydrogen) atoms. The van der Waals surface area contributed by atoms with E-state index in [1.54, 1.807) is 0 Å². The third kappa shape index (κ3) is 4.14. The minimum atomic E-state index is -0.261. The molecule has 2 aromatic rings. The Morgan fingerprint density at radius 1 is 1.35 bits per heavy atom. The summed E-state index contributed by atoms with van der Waals surface area (Å²) in [5, 5.41) is 11.3. The zero-order valence-electron chi connectivity index (χ0n) is 12.8. The molecule has 1 aliphatic rings. The van der Waals surface area contributed by atoms with Gasteiger partial charge < -0.3 is 9.73 Å². The van der Waals surface area contributed by atoms with Gasteiger partial charge in [-0.15, -0.1) is 10.2 Å². The van der Waals surface area contributed by atoms with Gasteiger partial charge in [0.25, 0.3) is 5.22 Å². The van der Waals surface area contributed by atoms with Crippen molar-refractivity contribution in [1.82, 2.24) is 15.5 Å². The number of hydrogen-bond donors (Lipinski definition) is 1. The number of benzene rings is 1. The second-order valence-corrected chi connectivity index (χ2v) is 7.75. The summed E-state index contributed by atoms with van der Waals surface area (Å²) in [6.45, 7) is 1.86. The molecule has 0 spiro atoms. The maximum atomic E-state index is 12.2. The normalized spacial score (nSPS) is 16.4. The van der Waals surface area contributed by atoms with Crippen LogP contribution in [0.1, 0.15) is 32.6 Å². The highest BCUT2D eigenvalue weighted by molar-refractivity contribution is 9.10. The molecule has 122 valence electrons. The van der Waals surface area contributed by atoms with E-state index in [-0.39, 0.29) is 11.2 Å². The number of carbonyl (C=O) groups is 1. The highest BCUT2D eigenvalue weighted by atomic mass is 79.9. The van der Waals surface area contributed by atoms with Crippen molar-refractivity contribution in [2.75, 3.05) is 0 Å². The van der Waals surface area contributed by atoms with Gasteiger partial charge in [-0.2, -0.15) is 0 Å². The third-order valence-electron chi connectivity index (χ3n) is 3.86. The summed E-state index contributed by atoms with van der Waals surface area (Å²) < 4.78 is 6.57. The van der Waals surface area contributed by atoms with Crippen LogP contribution in [0.4, 0.5) is 0 Å². The van der Waals surface area contributed by atoms with Crippen molar-refractivity contribution in [2.24, 2.45) is 0 Å². The van der Waals surface area contributed by atoms with Crippen molar-refractivity contribution in [3.05, 3.63) is 28.7 Å². The van der Waals surface area contributed by atoms with E-state index in [0.717, 1.165) is 22.9 Å². The molecule has 0 unspecified atom stereocenters. The van der Waals surface area contributed by atoms with Crippen molar-refractivity contribution >= 4 is 33.6 Å². The van der Waals surface area contributed by atoms with Gasteiger partial charge >= 0.3 is 0 Å². The fourth-order valence-electron chi connectivity index (χ4n) is 2.59. The van der Waals surface area contributed by atoms with Crippen LogP contribution in [0.2, 0.25) is 0 Å². The van der Waals surface area contributed by atoms with Crippen molar-refractivity contribution in [1.29, 1.82) is 0 Å². The fraction of sp³-hybridized carbons (Fsp3) is 0.438. The zero-order chi connectivity index (χ0) is 16.2. The van der Waals surface area contributed by atoms with Crippen LogP contribution in [0.5, 0.6) is 0 Å². The summed E-state index contributed by atoms with van der Waals surface area (Å²) in [4.78, 5) is 12.2. The second-order valence-electron chi connectivity index (χ2n) is 5.60. The van der Waals surface area contributed by atoms with Crippen LogP contribution in [0.3, 0.4) is 0 Å². The van der Waals surface area contributed by atoms with Crippen LogP contribution in [0, 0.1) is 0 Å². The number of aromatic nitrogens is 2. The summed E-state index contributed by atoms with van der Waals surface area (Å²) in [5.41, 5.74) is 0.843. The Hall–Kier alpha value is -1.34. The molecule has 7 heteroatoms. The molecule has 1 aromatic heterocycles. The molecule has 1 atom stereocenters. The average Bonchev–Trinajstić information content (AvgIpc) is 3.19. The Labute approximate surface area is 147 Å². The number of amides is 1. The maximum absolute atomic E-state index is 12.2. The number of rotatable bonds is 5. The number of thioether (sulfide) groups is 1. The maximum Gasteiger partial charge on any atom is 0.277 e. The number of halogens is 1. The molecule has 1 saturated carbocycles. The molecule has 0 bridgehead atoms. The predicted molar refractivity (Wildman–Crippen MR) is 93.2 cm³/mol. The SMILES string of the molecule is C[C@H](Sc1nnc(-c2ccccc2Br)o1)C(=O)NC1CCCC1. The van der Waals surface area contributed by atoms with Crippen molar-refractivity contribution in [3.8, 4) is 11.5 Å². The number of nitrogens with zero attached hydrogens (tertiary/aromatic N) is 2. The lowest BCUT2D eigenvalue weighted by Crippen LogP contribution is -2.37. The Morgan fingerprint density at radius 2 is 2.09 bits per heavy atom. The van der Waals surface area contributed by atoms with E-state index in [4.69, 9.17) is 4.42 Å².